The Bertz CT molecular complexity index is 729. The Morgan fingerprint density at radius 2 is 1.88 bits per heavy atom. The van der Waals surface area contributed by atoms with Crippen molar-refractivity contribution in [3.63, 3.8) is 0 Å². The maximum absolute atomic E-state index is 10.3. The van der Waals surface area contributed by atoms with E-state index in [1.165, 1.54) is 32.1 Å². The third-order valence-corrected chi connectivity index (χ3v) is 5.03. The van der Waals surface area contributed by atoms with Crippen molar-refractivity contribution < 1.29 is 14.4 Å². The van der Waals surface area contributed by atoms with Crippen LogP contribution in [-0.4, -0.2) is 21.2 Å². The van der Waals surface area contributed by atoms with Gasteiger partial charge in [-0.05, 0) is 38.2 Å². The lowest BCUT2D eigenvalue weighted by Gasteiger charge is -2.29. The van der Waals surface area contributed by atoms with Crippen LogP contribution in [0.15, 0.2) is 28.8 Å². The number of rotatable bonds is 4. The Kier molecular flexibility index (Phi) is 5.71. The molecule has 140 valence electrons. The zero-order chi connectivity index (χ0) is 18.6. The van der Waals surface area contributed by atoms with Crippen molar-refractivity contribution in [3.8, 4) is 0 Å². The molecule has 2 aliphatic carbocycles. The van der Waals surface area contributed by atoms with Crippen LogP contribution < -0.4 is 5.73 Å². The smallest absolute Gasteiger partial charge is 0.307 e. The van der Waals surface area contributed by atoms with E-state index in [9.17, 15) is 4.79 Å². The van der Waals surface area contributed by atoms with Gasteiger partial charge in [-0.2, -0.15) is 4.98 Å². The summed E-state index contributed by atoms with van der Waals surface area (Å²) < 4.78 is 5.32. The molecule has 2 aliphatic rings. The first kappa shape index (κ1) is 18.6. The predicted octanol–water partition coefficient (Wildman–Crippen LogP) is 3.69. The quantitative estimate of drug-likeness (QED) is 0.865. The molecule has 0 unspecified atom stereocenters. The number of carbonyl (C=O) groups is 1. The minimum absolute atomic E-state index is 0.111. The van der Waals surface area contributed by atoms with Crippen LogP contribution in [0.3, 0.4) is 0 Å². The highest BCUT2D eigenvalue weighted by Crippen LogP contribution is 2.40. The molecule has 1 heterocycles. The topological polar surface area (TPSA) is 102 Å². The van der Waals surface area contributed by atoms with Gasteiger partial charge in [0.05, 0.1) is 12.0 Å². The molecule has 2 aromatic rings. The van der Waals surface area contributed by atoms with Gasteiger partial charge >= 0.3 is 5.97 Å². The highest BCUT2D eigenvalue weighted by atomic mass is 16.5. The Labute approximate surface area is 153 Å². The minimum atomic E-state index is -0.783. The van der Waals surface area contributed by atoms with E-state index in [0.717, 1.165) is 29.8 Å². The molecule has 4 rings (SSSR count). The molecule has 0 radical (unpaired) electrons. The summed E-state index contributed by atoms with van der Waals surface area (Å²) in [4.78, 5) is 14.7. The average molecular weight is 357 g/mol. The highest BCUT2D eigenvalue weighted by molar-refractivity contribution is 5.70. The molecule has 1 aromatic heterocycles. The lowest BCUT2D eigenvalue weighted by molar-refractivity contribution is -0.136. The number of aromatic nitrogens is 2. The third kappa shape index (κ3) is 4.91. The summed E-state index contributed by atoms with van der Waals surface area (Å²) in [7, 11) is 0. The molecular formula is C20H27N3O3. The standard InChI is InChI=1S/C11H17N3O.C9H10O2/c12-11(6-2-1-3-7-11)10-13-9(14-15-10)8-4-5-8;1-7-2-4-8(5-3-7)6-9(10)11/h8H,1-7,12H2;2-5H,6H2,1H3,(H,10,11). The molecule has 6 heteroatoms. The second-order valence-corrected chi connectivity index (χ2v) is 7.50. The van der Waals surface area contributed by atoms with Gasteiger partial charge in [-0.25, -0.2) is 0 Å². The van der Waals surface area contributed by atoms with E-state index >= 15 is 0 Å². The third-order valence-electron chi connectivity index (χ3n) is 5.03. The van der Waals surface area contributed by atoms with Crippen LogP contribution in [0.25, 0.3) is 0 Å². The first-order chi connectivity index (χ1) is 12.5. The lowest BCUT2D eigenvalue weighted by atomic mass is 9.82. The fourth-order valence-corrected chi connectivity index (χ4v) is 3.22. The number of nitrogens with zero attached hydrogens (tertiary/aromatic N) is 2. The summed E-state index contributed by atoms with van der Waals surface area (Å²) in [5.74, 6) is 1.31. The van der Waals surface area contributed by atoms with E-state index in [-0.39, 0.29) is 12.0 Å². The molecule has 26 heavy (non-hydrogen) atoms. The van der Waals surface area contributed by atoms with Crippen LogP contribution >= 0.6 is 0 Å². The van der Waals surface area contributed by atoms with E-state index in [1.54, 1.807) is 0 Å². The fourth-order valence-electron chi connectivity index (χ4n) is 3.22. The van der Waals surface area contributed by atoms with Crippen LogP contribution in [0.2, 0.25) is 0 Å². The molecule has 0 saturated heterocycles. The predicted molar refractivity (Wildman–Crippen MR) is 97.7 cm³/mol. The Balaban J connectivity index is 0.000000160. The molecule has 6 nitrogen and oxygen atoms in total. The van der Waals surface area contributed by atoms with Crippen LogP contribution in [0.1, 0.15) is 73.7 Å². The summed E-state index contributed by atoms with van der Waals surface area (Å²) in [6.07, 6.45) is 8.13. The van der Waals surface area contributed by atoms with Crippen molar-refractivity contribution >= 4 is 5.97 Å². The first-order valence-corrected chi connectivity index (χ1v) is 9.36. The largest absolute Gasteiger partial charge is 0.481 e. The Morgan fingerprint density at radius 3 is 2.46 bits per heavy atom. The number of aryl methyl sites for hydroxylation is 1. The summed E-state index contributed by atoms with van der Waals surface area (Å²) in [6, 6.07) is 7.50. The van der Waals surface area contributed by atoms with Gasteiger partial charge in [0.15, 0.2) is 5.82 Å². The Morgan fingerprint density at radius 1 is 1.23 bits per heavy atom. The monoisotopic (exact) mass is 357 g/mol. The SMILES string of the molecule is Cc1ccc(CC(=O)O)cc1.NC1(c2nc(C3CC3)no2)CCCCC1. The molecule has 1 aromatic carbocycles. The van der Waals surface area contributed by atoms with Gasteiger partial charge in [0.25, 0.3) is 0 Å². The zero-order valence-electron chi connectivity index (χ0n) is 15.3. The van der Waals surface area contributed by atoms with Gasteiger partial charge in [0.2, 0.25) is 5.89 Å². The van der Waals surface area contributed by atoms with Crippen molar-refractivity contribution in [2.45, 2.75) is 69.7 Å². The zero-order valence-corrected chi connectivity index (χ0v) is 15.3. The van der Waals surface area contributed by atoms with E-state index in [0.29, 0.717) is 11.8 Å². The molecule has 0 spiro atoms. The van der Waals surface area contributed by atoms with Crippen molar-refractivity contribution in [2.24, 2.45) is 5.73 Å². The molecule has 0 bridgehead atoms. The molecule has 3 N–H and O–H groups in total. The second-order valence-electron chi connectivity index (χ2n) is 7.50. The normalized spacial score (nSPS) is 18.7. The number of aliphatic carboxylic acids is 1. The second kappa shape index (κ2) is 7.99. The van der Waals surface area contributed by atoms with Gasteiger partial charge in [0, 0.05) is 5.92 Å². The van der Waals surface area contributed by atoms with Crippen molar-refractivity contribution in [3.05, 3.63) is 47.1 Å². The number of carboxylic acids is 1. The van der Waals surface area contributed by atoms with Crippen molar-refractivity contribution in [1.29, 1.82) is 0 Å². The van der Waals surface area contributed by atoms with Crippen LogP contribution in [0.4, 0.5) is 0 Å². The van der Waals surface area contributed by atoms with Crippen LogP contribution in [0, 0.1) is 6.92 Å². The summed E-state index contributed by atoms with van der Waals surface area (Å²) in [5.41, 5.74) is 7.99. The molecule has 0 amide bonds. The van der Waals surface area contributed by atoms with Gasteiger partial charge in [-0.15, -0.1) is 0 Å². The van der Waals surface area contributed by atoms with E-state index in [1.807, 2.05) is 31.2 Å². The minimum Gasteiger partial charge on any atom is -0.481 e. The van der Waals surface area contributed by atoms with E-state index in [4.69, 9.17) is 15.4 Å². The van der Waals surface area contributed by atoms with Gasteiger partial charge < -0.3 is 15.4 Å². The van der Waals surface area contributed by atoms with E-state index in [2.05, 4.69) is 10.1 Å². The fraction of sp³-hybridized carbons (Fsp3) is 0.550. The molecule has 0 aliphatic heterocycles. The molecule has 2 fully saturated rings. The average Bonchev–Trinajstić information content (AvgIpc) is 3.34. The summed E-state index contributed by atoms with van der Waals surface area (Å²) >= 11 is 0. The van der Waals surface area contributed by atoms with Crippen LogP contribution in [0.5, 0.6) is 0 Å². The van der Waals surface area contributed by atoms with Crippen molar-refractivity contribution in [2.75, 3.05) is 0 Å². The van der Waals surface area contributed by atoms with Crippen LogP contribution in [-0.2, 0) is 16.8 Å². The first-order valence-electron chi connectivity index (χ1n) is 9.36. The Hall–Kier alpha value is -2.21. The molecule has 2 saturated carbocycles. The lowest BCUT2D eigenvalue weighted by Crippen LogP contribution is -2.38. The summed E-state index contributed by atoms with van der Waals surface area (Å²) in [6.45, 7) is 1.98. The van der Waals surface area contributed by atoms with Gasteiger partial charge in [0.1, 0.15) is 0 Å². The molecule has 0 atom stereocenters. The molecular weight excluding hydrogens is 330 g/mol. The maximum Gasteiger partial charge on any atom is 0.307 e. The number of hydrogen-bond acceptors (Lipinski definition) is 5. The van der Waals surface area contributed by atoms with Crippen molar-refractivity contribution in [1.82, 2.24) is 10.1 Å². The number of benzene rings is 1. The highest BCUT2D eigenvalue weighted by Gasteiger charge is 2.37. The number of nitrogens with two attached hydrogens (primary N) is 1. The number of carboxylic acid groups (broad SMARTS) is 1. The number of hydrogen-bond donors (Lipinski definition) is 2. The van der Waals surface area contributed by atoms with Gasteiger partial charge in [-0.1, -0.05) is 54.2 Å². The summed E-state index contributed by atoms with van der Waals surface area (Å²) in [5, 5.41) is 12.5. The van der Waals surface area contributed by atoms with E-state index < -0.39 is 5.97 Å². The maximum atomic E-state index is 10.3. The van der Waals surface area contributed by atoms with Gasteiger partial charge in [-0.3, -0.25) is 4.79 Å².